The van der Waals surface area contributed by atoms with Crippen molar-refractivity contribution in [1.82, 2.24) is 9.13 Å². The number of hydrogen-bond acceptors (Lipinski definition) is 2. The number of aromatic nitrogens is 2. The predicted molar refractivity (Wildman–Crippen MR) is 62.2 cm³/mol. The zero-order valence-electron chi connectivity index (χ0n) is 9.33. The molecule has 88 valence electrons. The van der Waals surface area contributed by atoms with Gasteiger partial charge in [0.05, 0.1) is 0 Å². The Hall–Kier alpha value is -2.30. The first kappa shape index (κ1) is 11.2. The van der Waals surface area contributed by atoms with Crippen molar-refractivity contribution in [3.8, 4) is 0 Å². The molecule has 0 fully saturated rings. The number of carboxylic acid groups (broad SMARTS) is 1. The van der Waals surface area contributed by atoms with Crippen LogP contribution in [-0.2, 0) is 13.6 Å². The van der Waals surface area contributed by atoms with E-state index in [-0.39, 0.29) is 11.3 Å². The molecule has 0 unspecified atom stereocenters. The second kappa shape index (κ2) is 4.29. The molecule has 0 saturated carbocycles. The lowest BCUT2D eigenvalue weighted by Gasteiger charge is -2.06. The second-order valence-corrected chi connectivity index (χ2v) is 3.81. The van der Waals surface area contributed by atoms with Crippen LogP contribution < -0.4 is 5.56 Å². The summed E-state index contributed by atoms with van der Waals surface area (Å²) in [5, 5.41) is 8.94. The van der Waals surface area contributed by atoms with E-state index in [0.717, 1.165) is 5.56 Å². The average Bonchev–Trinajstić information content (AvgIpc) is 2.72. The maximum atomic E-state index is 11.4. The number of hydrogen-bond donors (Lipinski definition) is 1. The SMILES string of the molecule is Cn1ccc(Cn2cccc2C(=O)O)cc1=O. The molecule has 2 aromatic heterocycles. The van der Waals surface area contributed by atoms with Gasteiger partial charge in [-0.3, -0.25) is 4.79 Å². The maximum absolute atomic E-state index is 11.4. The van der Waals surface area contributed by atoms with E-state index in [0.29, 0.717) is 6.54 Å². The Bertz CT molecular complexity index is 610. The van der Waals surface area contributed by atoms with Crippen LogP contribution in [0.3, 0.4) is 0 Å². The Kier molecular flexibility index (Phi) is 2.82. The van der Waals surface area contributed by atoms with Crippen LogP contribution in [0.4, 0.5) is 0 Å². The van der Waals surface area contributed by atoms with Gasteiger partial charge in [0.25, 0.3) is 5.56 Å². The van der Waals surface area contributed by atoms with Crippen molar-refractivity contribution >= 4 is 5.97 Å². The third-order valence-corrected chi connectivity index (χ3v) is 2.57. The van der Waals surface area contributed by atoms with Gasteiger partial charge >= 0.3 is 5.97 Å². The van der Waals surface area contributed by atoms with Gasteiger partial charge in [-0.05, 0) is 23.8 Å². The topological polar surface area (TPSA) is 64.2 Å². The van der Waals surface area contributed by atoms with E-state index in [2.05, 4.69) is 0 Å². The summed E-state index contributed by atoms with van der Waals surface area (Å²) in [6.07, 6.45) is 3.35. The van der Waals surface area contributed by atoms with Crippen molar-refractivity contribution in [1.29, 1.82) is 0 Å². The quantitative estimate of drug-likeness (QED) is 0.856. The Morgan fingerprint density at radius 2 is 2.12 bits per heavy atom. The monoisotopic (exact) mass is 232 g/mol. The lowest BCUT2D eigenvalue weighted by atomic mass is 10.2. The zero-order chi connectivity index (χ0) is 12.4. The van der Waals surface area contributed by atoms with E-state index >= 15 is 0 Å². The highest BCUT2D eigenvalue weighted by molar-refractivity contribution is 5.85. The largest absolute Gasteiger partial charge is 0.477 e. The molecule has 1 N–H and O–H groups in total. The number of carbonyl (C=O) groups is 1. The number of nitrogens with zero attached hydrogens (tertiary/aromatic N) is 2. The van der Waals surface area contributed by atoms with Crippen molar-refractivity contribution in [2.24, 2.45) is 7.05 Å². The Labute approximate surface area is 97.5 Å². The van der Waals surface area contributed by atoms with Gasteiger partial charge in [-0.2, -0.15) is 0 Å². The average molecular weight is 232 g/mol. The third-order valence-electron chi connectivity index (χ3n) is 2.57. The summed E-state index contributed by atoms with van der Waals surface area (Å²) < 4.78 is 3.06. The Morgan fingerprint density at radius 1 is 1.35 bits per heavy atom. The molecule has 5 heteroatoms. The van der Waals surface area contributed by atoms with Crippen molar-refractivity contribution < 1.29 is 9.90 Å². The number of pyridine rings is 1. The van der Waals surface area contributed by atoms with Crippen molar-refractivity contribution in [3.05, 3.63) is 58.3 Å². The van der Waals surface area contributed by atoms with E-state index in [9.17, 15) is 9.59 Å². The Morgan fingerprint density at radius 3 is 2.76 bits per heavy atom. The van der Waals surface area contributed by atoms with Gasteiger partial charge in [-0.1, -0.05) is 0 Å². The maximum Gasteiger partial charge on any atom is 0.352 e. The smallest absolute Gasteiger partial charge is 0.352 e. The van der Waals surface area contributed by atoms with E-state index < -0.39 is 5.97 Å². The summed E-state index contributed by atoms with van der Waals surface area (Å²) in [5.41, 5.74) is 0.893. The molecule has 0 spiro atoms. The summed E-state index contributed by atoms with van der Waals surface area (Å²) in [7, 11) is 1.67. The zero-order valence-corrected chi connectivity index (χ0v) is 9.33. The van der Waals surface area contributed by atoms with Crippen LogP contribution in [0.1, 0.15) is 16.1 Å². The minimum Gasteiger partial charge on any atom is -0.477 e. The van der Waals surface area contributed by atoms with Gasteiger partial charge in [0.2, 0.25) is 0 Å². The minimum atomic E-state index is -0.973. The molecule has 2 heterocycles. The highest BCUT2D eigenvalue weighted by Gasteiger charge is 2.08. The lowest BCUT2D eigenvalue weighted by Crippen LogP contribution is -2.16. The van der Waals surface area contributed by atoms with Crippen LogP contribution in [0.2, 0.25) is 0 Å². The van der Waals surface area contributed by atoms with Gasteiger partial charge in [0.1, 0.15) is 5.69 Å². The van der Waals surface area contributed by atoms with Crippen LogP contribution in [0, 0.1) is 0 Å². The molecular weight excluding hydrogens is 220 g/mol. The minimum absolute atomic E-state index is 0.105. The first-order valence-corrected chi connectivity index (χ1v) is 5.12. The lowest BCUT2D eigenvalue weighted by molar-refractivity contribution is 0.0685. The fraction of sp³-hybridized carbons (Fsp3) is 0.167. The van der Waals surface area contributed by atoms with Gasteiger partial charge < -0.3 is 14.2 Å². The van der Waals surface area contributed by atoms with E-state index in [4.69, 9.17) is 5.11 Å². The molecule has 0 radical (unpaired) electrons. The first-order chi connectivity index (χ1) is 8.08. The molecule has 0 saturated heterocycles. The van der Waals surface area contributed by atoms with Crippen molar-refractivity contribution in [2.45, 2.75) is 6.54 Å². The molecule has 0 bridgehead atoms. The van der Waals surface area contributed by atoms with Crippen molar-refractivity contribution in [3.63, 3.8) is 0 Å². The summed E-state index contributed by atoms with van der Waals surface area (Å²) in [6, 6.07) is 6.51. The summed E-state index contributed by atoms with van der Waals surface area (Å²) in [6.45, 7) is 0.380. The van der Waals surface area contributed by atoms with Crippen LogP contribution in [0.15, 0.2) is 41.5 Å². The van der Waals surface area contributed by atoms with E-state index in [1.165, 1.54) is 16.7 Å². The van der Waals surface area contributed by atoms with Crippen molar-refractivity contribution in [2.75, 3.05) is 0 Å². The fourth-order valence-electron chi connectivity index (χ4n) is 1.63. The van der Waals surface area contributed by atoms with Crippen LogP contribution in [0.5, 0.6) is 0 Å². The van der Waals surface area contributed by atoms with Crippen LogP contribution in [0.25, 0.3) is 0 Å². The molecular formula is C12H12N2O3. The highest BCUT2D eigenvalue weighted by atomic mass is 16.4. The van der Waals surface area contributed by atoms with Gasteiger partial charge in [-0.25, -0.2) is 4.79 Å². The first-order valence-electron chi connectivity index (χ1n) is 5.12. The van der Waals surface area contributed by atoms with Gasteiger partial charge in [-0.15, -0.1) is 0 Å². The molecule has 0 amide bonds. The summed E-state index contributed by atoms with van der Waals surface area (Å²) in [5.74, 6) is -0.973. The number of aromatic carboxylic acids is 1. The molecule has 0 aliphatic heterocycles. The molecule has 0 aliphatic carbocycles. The summed E-state index contributed by atoms with van der Waals surface area (Å²) in [4.78, 5) is 22.3. The third kappa shape index (κ3) is 2.28. The van der Waals surface area contributed by atoms with E-state index in [1.807, 2.05) is 0 Å². The Balaban J connectivity index is 2.31. The van der Waals surface area contributed by atoms with Gasteiger partial charge in [0.15, 0.2) is 0 Å². The van der Waals surface area contributed by atoms with Gasteiger partial charge in [0, 0.05) is 32.1 Å². The highest BCUT2D eigenvalue weighted by Crippen LogP contribution is 2.06. The summed E-state index contributed by atoms with van der Waals surface area (Å²) >= 11 is 0. The predicted octanol–water partition coefficient (Wildman–Crippen LogP) is 0.933. The molecule has 0 aliphatic rings. The number of rotatable bonds is 3. The molecule has 2 aromatic rings. The molecule has 2 rings (SSSR count). The second-order valence-electron chi connectivity index (χ2n) is 3.81. The normalized spacial score (nSPS) is 10.4. The molecule has 0 aromatic carbocycles. The molecule has 17 heavy (non-hydrogen) atoms. The molecule has 5 nitrogen and oxygen atoms in total. The standard InChI is InChI=1S/C12H12N2O3/c1-13-6-4-9(7-11(13)15)8-14-5-2-3-10(14)12(16)17/h2-7H,8H2,1H3,(H,16,17). The molecule has 0 atom stereocenters. The number of aryl methyl sites for hydroxylation is 1. The van der Waals surface area contributed by atoms with Crippen LogP contribution >= 0.6 is 0 Å². The van der Waals surface area contributed by atoms with E-state index in [1.54, 1.807) is 36.1 Å². The fourth-order valence-corrected chi connectivity index (χ4v) is 1.63. The number of carboxylic acids is 1. The van der Waals surface area contributed by atoms with Crippen LogP contribution in [-0.4, -0.2) is 20.2 Å².